The molecule has 2 nitrogen and oxygen atoms in total. The zero-order chi connectivity index (χ0) is 20.8. The summed E-state index contributed by atoms with van der Waals surface area (Å²) in [4.78, 5) is 2.63. The number of hydrogen-bond donors (Lipinski definition) is 0. The maximum atomic E-state index is 13.3. The zero-order valence-corrected chi connectivity index (χ0v) is 18.1. The van der Waals surface area contributed by atoms with E-state index in [1.165, 1.54) is 48.9 Å². The van der Waals surface area contributed by atoms with Gasteiger partial charge in [-0.05, 0) is 66.6 Å². The Balaban J connectivity index is 1.50. The quantitative estimate of drug-likeness (QED) is 0.412. The molecular formula is C27H33FN2. The van der Waals surface area contributed by atoms with Crippen molar-refractivity contribution in [1.29, 1.82) is 0 Å². The molecule has 30 heavy (non-hydrogen) atoms. The summed E-state index contributed by atoms with van der Waals surface area (Å²) >= 11 is 0. The van der Waals surface area contributed by atoms with E-state index in [9.17, 15) is 4.39 Å². The van der Waals surface area contributed by atoms with Gasteiger partial charge in [-0.3, -0.25) is 4.90 Å². The molecule has 158 valence electrons. The minimum atomic E-state index is -0.177. The van der Waals surface area contributed by atoms with Crippen LogP contribution < -0.4 is 0 Å². The Hall–Kier alpha value is -2.39. The smallest absolute Gasteiger partial charge is 0.123 e. The number of aryl methyl sites for hydroxylation is 1. The summed E-state index contributed by atoms with van der Waals surface area (Å²) in [6.45, 7) is 6.09. The fraction of sp³-hybridized carbons (Fsp3) is 0.407. The first-order valence-corrected chi connectivity index (χ1v) is 11.3. The van der Waals surface area contributed by atoms with Crippen LogP contribution >= 0.6 is 0 Å². The van der Waals surface area contributed by atoms with E-state index >= 15 is 0 Å². The van der Waals surface area contributed by atoms with Crippen molar-refractivity contribution in [2.75, 3.05) is 6.54 Å². The fourth-order valence-electron chi connectivity index (χ4n) is 4.71. The van der Waals surface area contributed by atoms with Crippen molar-refractivity contribution >= 4 is 0 Å². The van der Waals surface area contributed by atoms with Crippen LogP contribution in [0.2, 0.25) is 0 Å². The average Bonchev–Trinajstić information content (AvgIpc) is 3.18. The lowest BCUT2D eigenvalue weighted by Crippen LogP contribution is -2.31. The number of aromatic nitrogens is 1. The summed E-state index contributed by atoms with van der Waals surface area (Å²) in [7, 11) is 0. The molecule has 1 aromatic heterocycles. The lowest BCUT2D eigenvalue weighted by Gasteiger charge is -2.30. The van der Waals surface area contributed by atoms with Crippen molar-refractivity contribution in [3.63, 3.8) is 0 Å². The van der Waals surface area contributed by atoms with Crippen LogP contribution in [-0.2, 0) is 19.6 Å². The third kappa shape index (κ3) is 5.60. The van der Waals surface area contributed by atoms with Crippen LogP contribution in [0.4, 0.5) is 4.39 Å². The second kappa shape index (κ2) is 10.1. The van der Waals surface area contributed by atoms with Crippen molar-refractivity contribution in [3.05, 3.63) is 95.1 Å². The summed E-state index contributed by atoms with van der Waals surface area (Å²) in [5.74, 6) is 0.631. The molecule has 3 aromatic rings. The summed E-state index contributed by atoms with van der Waals surface area (Å²) in [5, 5.41) is 0. The van der Waals surface area contributed by atoms with Gasteiger partial charge < -0.3 is 4.57 Å². The molecule has 0 unspecified atom stereocenters. The van der Waals surface area contributed by atoms with Gasteiger partial charge in [0.2, 0.25) is 0 Å². The van der Waals surface area contributed by atoms with E-state index in [-0.39, 0.29) is 5.82 Å². The third-order valence-electron chi connectivity index (χ3n) is 6.47. The van der Waals surface area contributed by atoms with E-state index in [1.54, 1.807) is 12.1 Å². The summed E-state index contributed by atoms with van der Waals surface area (Å²) in [6, 6.07) is 20.0. The molecule has 1 saturated carbocycles. The van der Waals surface area contributed by atoms with Gasteiger partial charge >= 0.3 is 0 Å². The monoisotopic (exact) mass is 404 g/mol. The Morgan fingerprint density at radius 1 is 0.900 bits per heavy atom. The van der Waals surface area contributed by atoms with Crippen LogP contribution in [0.3, 0.4) is 0 Å². The van der Waals surface area contributed by atoms with Crippen LogP contribution in [0.1, 0.15) is 54.5 Å². The highest BCUT2D eigenvalue weighted by atomic mass is 19.1. The zero-order valence-electron chi connectivity index (χ0n) is 18.1. The Morgan fingerprint density at radius 2 is 1.67 bits per heavy atom. The molecule has 0 bridgehead atoms. The first kappa shape index (κ1) is 20.9. The fourth-order valence-corrected chi connectivity index (χ4v) is 4.71. The molecule has 1 aliphatic carbocycles. The number of hydrogen-bond acceptors (Lipinski definition) is 1. The molecule has 2 aromatic carbocycles. The van der Waals surface area contributed by atoms with E-state index in [4.69, 9.17) is 0 Å². The highest BCUT2D eigenvalue weighted by molar-refractivity contribution is 5.25. The van der Waals surface area contributed by atoms with E-state index < -0.39 is 0 Å². The van der Waals surface area contributed by atoms with Gasteiger partial charge in [-0.1, -0.05) is 55.7 Å². The minimum absolute atomic E-state index is 0.177. The number of rotatable bonds is 8. The van der Waals surface area contributed by atoms with Gasteiger partial charge in [-0.25, -0.2) is 4.39 Å². The highest BCUT2D eigenvalue weighted by Gasteiger charge is 2.19. The summed E-state index contributed by atoms with van der Waals surface area (Å²) in [5.41, 5.74) is 5.24. The molecule has 0 radical (unpaired) electrons. The van der Waals surface area contributed by atoms with Crippen molar-refractivity contribution in [1.82, 2.24) is 9.47 Å². The topological polar surface area (TPSA) is 8.17 Å². The third-order valence-corrected chi connectivity index (χ3v) is 6.47. The molecule has 0 N–H and O–H groups in total. The number of benzene rings is 2. The number of halogens is 1. The van der Waals surface area contributed by atoms with Gasteiger partial charge in [0.15, 0.2) is 0 Å². The van der Waals surface area contributed by atoms with E-state index in [2.05, 4.69) is 59.0 Å². The maximum absolute atomic E-state index is 13.3. The molecule has 0 aliphatic heterocycles. The SMILES string of the molecule is Cc1ccccc1CN(Cc1cccn1Cc1ccc(F)cc1)CC1CCCCC1. The maximum Gasteiger partial charge on any atom is 0.123 e. The van der Waals surface area contributed by atoms with Crippen molar-refractivity contribution in [2.24, 2.45) is 5.92 Å². The Labute approximate surface area is 180 Å². The summed E-state index contributed by atoms with van der Waals surface area (Å²) < 4.78 is 15.6. The van der Waals surface area contributed by atoms with E-state index in [0.717, 1.165) is 37.7 Å². The van der Waals surface area contributed by atoms with Crippen molar-refractivity contribution < 1.29 is 4.39 Å². The lowest BCUT2D eigenvalue weighted by molar-refractivity contribution is 0.183. The molecule has 1 heterocycles. The van der Waals surface area contributed by atoms with Gasteiger partial charge in [-0.15, -0.1) is 0 Å². The lowest BCUT2D eigenvalue weighted by atomic mass is 9.88. The Bertz CT molecular complexity index is 922. The second-order valence-corrected chi connectivity index (χ2v) is 8.85. The molecular weight excluding hydrogens is 371 g/mol. The second-order valence-electron chi connectivity index (χ2n) is 8.85. The minimum Gasteiger partial charge on any atom is -0.346 e. The van der Waals surface area contributed by atoms with Crippen LogP contribution in [-0.4, -0.2) is 16.0 Å². The van der Waals surface area contributed by atoms with E-state index in [1.807, 2.05) is 12.1 Å². The normalized spacial score (nSPS) is 15.0. The predicted octanol–water partition coefficient (Wildman–Crippen LogP) is 6.57. The first-order chi connectivity index (χ1) is 14.7. The molecule has 0 atom stereocenters. The molecule has 1 aliphatic rings. The predicted molar refractivity (Wildman–Crippen MR) is 122 cm³/mol. The van der Waals surface area contributed by atoms with Gasteiger partial charge in [0.25, 0.3) is 0 Å². The van der Waals surface area contributed by atoms with Crippen LogP contribution in [0, 0.1) is 18.7 Å². The van der Waals surface area contributed by atoms with Crippen LogP contribution in [0.5, 0.6) is 0 Å². The molecule has 4 rings (SSSR count). The molecule has 0 amide bonds. The molecule has 1 fully saturated rings. The molecule has 3 heteroatoms. The largest absolute Gasteiger partial charge is 0.346 e. The van der Waals surface area contributed by atoms with Crippen LogP contribution in [0.15, 0.2) is 66.9 Å². The van der Waals surface area contributed by atoms with Crippen molar-refractivity contribution in [2.45, 2.75) is 58.7 Å². The first-order valence-electron chi connectivity index (χ1n) is 11.3. The number of nitrogens with zero attached hydrogens (tertiary/aromatic N) is 2. The van der Waals surface area contributed by atoms with Gasteiger partial charge in [-0.2, -0.15) is 0 Å². The van der Waals surface area contributed by atoms with Gasteiger partial charge in [0.05, 0.1) is 0 Å². The summed E-state index contributed by atoms with van der Waals surface area (Å²) in [6.07, 6.45) is 9.02. The van der Waals surface area contributed by atoms with Crippen molar-refractivity contribution in [3.8, 4) is 0 Å². The molecule has 0 spiro atoms. The molecule has 0 saturated heterocycles. The highest BCUT2D eigenvalue weighted by Crippen LogP contribution is 2.26. The van der Waals surface area contributed by atoms with E-state index in [0.29, 0.717) is 0 Å². The van der Waals surface area contributed by atoms with Gasteiger partial charge in [0.1, 0.15) is 5.82 Å². The Kier molecular flexibility index (Phi) is 7.01. The van der Waals surface area contributed by atoms with Gasteiger partial charge in [0, 0.05) is 38.1 Å². The standard InChI is InChI=1S/C27H33FN2/c1-22-8-5-6-11-25(22)20-29(18-23-9-3-2-4-10-23)21-27-12-7-17-30(27)19-24-13-15-26(28)16-14-24/h5-8,11-17,23H,2-4,9-10,18-21H2,1H3. The average molecular weight is 405 g/mol. The Morgan fingerprint density at radius 3 is 2.43 bits per heavy atom. The van der Waals surface area contributed by atoms with Crippen LogP contribution in [0.25, 0.3) is 0 Å².